The first-order chi connectivity index (χ1) is 22.2. The molecule has 1 unspecified atom stereocenters. The minimum absolute atomic E-state index is 0.0683. The van der Waals surface area contributed by atoms with Gasteiger partial charge in [0.2, 0.25) is 0 Å². The predicted octanol–water partition coefficient (Wildman–Crippen LogP) is 8.23. The molecular formula is C37H40Cl2N4O3. The number of amides is 1. The Bertz CT molecular complexity index is 1620. The smallest absolute Gasteiger partial charge is 0.305 e. The lowest BCUT2D eigenvalue weighted by atomic mass is 10.00. The summed E-state index contributed by atoms with van der Waals surface area (Å²) in [5, 5.41) is 25.5. The van der Waals surface area contributed by atoms with Gasteiger partial charge in [0.15, 0.2) is 0 Å². The van der Waals surface area contributed by atoms with Gasteiger partial charge >= 0.3 is 5.97 Å². The summed E-state index contributed by atoms with van der Waals surface area (Å²) in [6, 6.07) is 25.3. The highest BCUT2D eigenvalue weighted by Gasteiger charge is 2.21. The molecule has 0 bridgehead atoms. The van der Waals surface area contributed by atoms with Crippen molar-refractivity contribution < 1.29 is 14.7 Å². The normalized spacial score (nSPS) is 14.3. The average Bonchev–Trinajstić information content (AvgIpc) is 3.05. The van der Waals surface area contributed by atoms with Crippen LogP contribution in [0.1, 0.15) is 60.7 Å². The Morgan fingerprint density at radius 3 is 2.33 bits per heavy atom. The number of carboxylic acids is 1. The van der Waals surface area contributed by atoms with Crippen LogP contribution in [0.3, 0.4) is 0 Å². The maximum absolute atomic E-state index is 12.5. The summed E-state index contributed by atoms with van der Waals surface area (Å²) in [4.78, 5) is 23.3. The summed E-state index contributed by atoms with van der Waals surface area (Å²) in [7, 11) is 2.02. The van der Waals surface area contributed by atoms with E-state index in [4.69, 9.17) is 28.3 Å². The number of benzene rings is 3. The van der Waals surface area contributed by atoms with Gasteiger partial charge in [-0.1, -0.05) is 79.6 Å². The highest BCUT2D eigenvalue weighted by atomic mass is 35.5. The van der Waals surface area contributed by atoms with E-state index in [0.717, 1.165) is 33.5 Å². The molecule has 3 aromatic carbocycles. The van der Waals surface area contributed by atoms with Crippen LogP contribution in [0.25, 0.3) is 16.8 Å². The molecule has 0 saturated heterocycles. The molecule has 0 saturated carbocycles. The number of nitrogens with one attached hydrogen (secondary N) is 1. The van der Waals surface area contributed by atoms with Crippen LogP contribution in [0.4, 0.5) is 0 Å². The van der Waals surface area contributed by atoms with Crippen molar-refractivity contribution in [2.45, 2.75) is 45.5 Å². The Morgan fingerprint density at radius 2 is 1.72 bits per heavy atom. The maximum atomic E-state index is 12.5. The fraction of sp³-hybridized carbons (Fsp3) is 0.270. The van der Waals surface area contributed by atoms with Crippen LogP contribution >= 0.6 is 23.2 Å². The molecule has 1 aliphatic rings. The van der Waals surface area contributed by atoms with E-state index in [1.807, 2.05) is 88.5 Å². The molecule has 0 fully saturated rings. The highest BCUT2D eigenvalue weighted by Crippen LogP contribution is 2.30. The zero-order chi connectivity index (χ0) is 33.6. The molecule has 0 spiro atoms. The van der Waals surface area contributed by atoms with E-state index in [1.54, 1.807) is 12.1 Å². The minimum Gasteiger partial charge on any atom is -0.481 e. The summed E-state index contributed by atoms with van der Waals surface area (Å²) >= 11 is 12.8. The van der Waals surface area contributed by atoms with Crippen LogP contribution in [-0.2, 0) is 11.3 Å². The third kappa shape index (κ3) is 10.3. The van der Waals surface area contributed by atoms with Gasteiger partial charge in [0.05, 0.1) is 35.7 Å². The summed E-state index contributed by atoms with van der Waals surface area (Å²) < 4.78 is 0. The molecule has 1 amide bonds. The van der Waals surface area contributed by atoms with E-state index in [1.165, 1.54) is 0 Å². The molecular weight excluding hydrogens is 619 g/mol. The van der Waals surface area contributed by atoms with Gasteiger partial charge in [0.25, 0.3) is 5.91 Å². The molecule has 240 valence electrons. The second-order valence-electron chi connectivity index (χ2n) is 10.5. The molecule has 0 aliphatic heterocycles. The van der Waals surface area contributed by atoms with Crippen molar-refractivity contribution in [1.82, 2.24) is 15.3 Å². The lowest BCUT2D eigenvalue weighted by molar-refractivity contribution is -0.136. The zero-order valence-corrected chi connectivity index (χ0v) is 28.1. The summed E-state index contributed by atoms with van der Waals surface area (Å²) in [5.41, 5.74) is 7.21. The molecule has 9 heteroatoms. The van der Waals surface area contributed by atoms with Gasteiger partial charge in [0, 0.05) is 30.7 Å². The summed E-state index contributed by atoms with van der Waals surface area (Å²) in [5.74, 6) is -1.28. The Hall–Kier alpha value is -4.35. The van der Waals surface area contributed by atoms with Crippen LogP contribution in [-0.4, -0.2) is 52.5 Å². The maximum Gasteiger partial charge on any atom is 0.305 e. The molecule has 4 rings (SSSR count). The van der Waals surface area contributed by atoms with Gasteiger partial charge in [-0.05, 0) is 78.1 Å². The molecule has 0 aromatic heterocycles. The van der Waals surface area contributed by atoms with Crippen LogP contribution < -0.4 is 5.32 Å². The van der Waals surface area contributed by atoms with Gasteiger partial charge in [-0.15, -0.1) is 11.6 Å². The van der Waals surface area contributed by atoms with Crippen LogP contribution in [0.2, 0.25) is 0 Å². The fourth-order valence-electron chi connectivity index (χ4n) is 5.04. The van der Waals surface area contributed by atoms with Crippen molar-refractivity contribution in [3.63, 3.8) is 0 Å². The average molecular weight is 660 g/mol. The Morgan fingerprint density at radius 1 is 1.02 bits per heavy atom. The molecule has 1 atom stereocenters. The minimum atomic E-state index is -0.962. The number of hydrogen-bond acceptors (Lipinski definition) is 5. The van der Waals surface area contributed by atoms with Crippen LogP contribution in [0, 0.1) is 11.3 Å². The lowest BCUT2D eigenvalue weighted by Gasteiger charge is -2.37. The molecule has 2 N–H and O–H groups in total. The first-order valence-corrected chi connectivity index (χ1v) is 16.0. The Labute approximate surface area is 282 Å². The number of halogens is 2. The topological polar surface area (TPSA) is 96.7 Å². The van der Waals surface area contributed by atoms with Crippen molar-refractivity contribution in [3.05, 3.63) is 124 Å². The summed E-state index contributed by atoms with van der Waals surface area (Å²) in [6.45, 7) is 7.19. The van der Waals surface area contributed by atoms with E-state index < -0.39 is 5.97 Å². The van der Waals surface area contributed by atoms with E-state index in [0.29, 0.717) is 35.7 Å². The molecule has 7 nitrogen and oxygen atoms in total. The van der Waals surface area contributed by atoms with E-state index >= 15 is 0 Å². The standard InChI is InChI=1S/C35H34Cl2N4O3.C2H6/c1-3-33(30-6-4-5-29(19-30)27-11-7-24(21-38)8-12-27)41(40(2)22-26-17-31(36)20-32(37)18-26)23-25-9-13-28(14-10-25)35(44)39-16-15-34(42)43;1-2/h3-14,17,19-20,32H,15-16,18,22-23H2,1-2H3,(H,39,44)(H,42,43);1-2H3/b33-3-;. The fourth-order valence-corrected chi connectivity index (χ4v) is 5.75. The molecule has 0 radical (unpaired) electrons. The quantitative estimate of drug-likeness (QED) is 0.150. The SMILES string of the molecule is C/C=C(/c1cccc(-c2ccc(C#N)cc2)c1)N(Cc1ccc(C(=O)NCCC(=O)O)cc1)N(C)CC1=CC(Cl)=CC(Cl)C1.CC. The van der Waals surface area contributed by atoms with Gasteiger partial charge in [-0.2, -0.15) is 5.26 Å². The number of nitrogens with zero attached hydrogens (tertiary/aromatic N) is 3. The van der Waals surface area contributed by atoms with Gasteiger partial charge in [-0.25, -0.2) is 5.01 Å². The van der Waals surface area contributed by atoms with Crippen LogP contribution in [0.5, 0.6) is 0 Å². The number of hydrazine groups is 1. The number of likely N-dealkylation sites (N-methyl/N-ethyl adjacent to an activating group) is 1. The molecule has 3 aromatic rings. The second-order valence-corrected chi connectivity index (χ2v) is 11.5. The van der Waals surface area contributed by atoms with Crippen molar-refractivity contribution in [2.75, 3.05) is 20.1 Å². The molecule has 1 aliphatic carbocycles. The number of carbonyl (C=O) groups excluding carboxylic acids is 1. The molecule has 0 heterocycles. The van der Waals surface area contributed by atoms with Crippen molar-refractivity contribution in [2.24, 2.45) is 0 Å². The number of carboxylic acid groups (broad SMARTS) is 1. The van der Waals surface area contributed by atoms with Crippen LogP contribution in [0.15, 0.2) is 102 Å². The van der Waals surface area contributed by atoms with Crippen molar-refractivity contribution in [1.29, 1.82) is 5.26 Å². The van der Waals surface area contributed by atoms with E-state index in [2.05, 4.69) is 39.6 Å². The van der Waals surface area contributed by atoms with E-state index in [-0.39, 0.29) is 24.2 Å². The van der Waals surface area contributed by atoms with E-state index in [9.17, 15) is 14.9 Å². The lowest BCUT2D eigenvalue weighted by Crippen LogP contribution is -2.39. The van der Waals surface area contributed by atoms with Gasteiger partial charge in [-0.3, -0.25) is 9.59 Å². The highest BCUT2D eigenvalue weighted by molar-refractivity contribution is 6.32. The number of allylic oxidation sites excluding steroid dienone is 4. The van der Waals surface area contributed by atoms with Gasteiger partial charge in [0.1, 0.15) is 0 Å². The second kappa shape index (κ2) is 18.0. The number of carbonyl (C=O) groups is 2. The number of nitriles is 1. The predicted molar refractivity (Wildman–Crippen MR) is 187 cm³/mol. The number of rotatable bonds is 12. The monoisotopic (exact) mass is 658 g/mol. The largest absolute Gasteiger partial charge is 0.481 e. The zero-order valence-electron chi connectivity index (χ0n) is 26.6. The third-order valence-electron chi connectivity index (χ3n) is 7.21. The van der Waals surface area contributed by atoms with Gasteiger partial charge < -0.3 is 15.4 Å². The molecule has 46 heavy (non-hydrogen) atoms. The Balaban J connectivity index is 0.00000282. The number of alkyl halides is 1. The van der Waals surface area contributed by atoms with Crippen molar-refractivity contribution >= 4 is 40.8 Å². The first-order valence-electron chi connectivity index (χ1n) is 15.2. The van der Waals surface area contributed by atoms with Crippen molar-refractivity contribution in [3.8, 4) is 17.2 Å². The third-order valence-corrected chi connectivity index (χ3v) is 7.73. The Kier molecular flexibility index (Phi) is 14.1. The summed E-state index contributed by atoms with van der Waals surface area (Å²) in [6.07, 6.45) is 6.45. The number of hydrogen-bond donors (Lipinski definition) is 2. The first kappa shape index (κ1) is 36.1. The number of aliphatic carboxylic acids is 1.